The van der Waals surface area contributed by atoms with Gasteiger partial charge in [-0.1, -0.05) is 34.1 Å². The van der Waals surface area contributed by atoms with E-state index in [2.05, 4.69) is 34.9 Å². The van der Waals surface area contributed by atoms with Crippen LogP contribution in [0.5, 0.6) is 0 Å². The first-order chi connectivity index (χ1) is 28.3. The van der Waals surface area contributed by atoms with Gasteiger partial charge >= 0.3 is 0 Å². The quantitative estimate of drug-likeness (QED) is 0.109. The topological polar surface area (TPSA) is 183 Å². The van der Waals surface area contributed by atoms with Crippen LogP contribution in [0.2, 0.25) is 0 Å². The summed E-state index contributed by atoms with van der Waals surface area (Å²) in [7, 11) is -11.3. The molecule has 5 heterocycles. The van der Waals surface area contributed by atoms with E-state index in [1.54, 1.807) is 0 Å². The second-order valence-corrected chi connectivity index (χ2v) is 29.3. The summed E-state index contributed by atoms with van der Waals surface area (Å²) in [5.41, 5.74) is 0. The lowest BCUT2D eigenvalue weighted by Crippen LogP contribution is -2.65. The molecule has 5 aliphatic heterocycles. The van der Waals surface area contributed by atoms with Crippen LogP contribution < -0.4 is 0 Å². The van der Waals surface area contributed by atoms with Crippen LogP contribution in [0, 0.1) is 47.3 Å². The molecular weight excluding hydrogens is 861 g/mol. The molecule has 0 aliphatic carbocycles. The minimum Gasteiger partial charge on any atom is -0.748 e. The van der Waals surface area contributed by atoms with Gasteiger partial charge in [-0.3, -0.25) is 0 Å². The Morgan fingerprint density at radius 3 is 1.16 bits per heavy atom. The van der Waals surface area contributed by atoms with Crippen molar-refractivity contribution in [2.24, 2.45) is 47.3 Å². The molecule has 10 unspecified atom stereocenters. The van der Waals surface area contributed by atoms with Gasteiger partial charge in [0.25, 0.3) is 0 Å². The predicted molar refractivity (Wildman–Crippen MR) is 240 cm³/mol. The van der Waals surface area contributed by atoms with Crippen LogP contribution in [0.4, 0.5) is 0 Å². The first kappa shape index (κ1) is 51.5. The van der Waals surface area contributed by atoms with E-state index < -0.39 is 51.4 Å². The van der Waals surface area contributed by atoms with E-state index in [0.717, 1.165) is 94.4 Å². The standard InChI is InChI=1S/C43H84N4O10S4/c1-7-13-38-25-44(5,16-11-23-60(52,53)54)28-42(38)34-59(50,51)35-43-32-47(20-18-46(19-21-47)29-36(9-3)37(10-4)30-46)31-40(43)15-14-39-26-45(6,17-12-24-61(55,56)57)27-41(39)33-58(48,49)22-8-2/h36-43H,7-35H2,1-6H3/q+2. The van der Waals surface area contributed by atoms with Gasteiger partial charge in [0.1, 0.15) is 26.2 Å². The fraction of sp³-hybridized carbons (Fsp3) is 1.00. The summed E-state index contributed by atoms with van der Waals surface area (Å²) in [6.07, 6.45) is 6.99. The lowest BCUT2D eigenvalue weighted by Gasteiger charge is -2.47. The Morgan fingerprint density at radius 2 is 0.770 bits per heavy atom. The number of likely N-dealkylation sites (tertiary alicyclic amines) is 2. The summed E-state index contributed by atoms with van der Waals surface area (Å²) in [6, 6.07) is 0. The highest BCUT2D eigenvalue weighted by molar-refractivity contribution is 7.91. The molecule has 0 bridgehead atoms. The normalized spacial score (nSPS) is 38.6. The van der Waals surface area contributed by atoms with Crippen molar-refractivity contribution < 1.29 is 60.7 Å². The third-order valence-corrected chi connectivity index (χ3v) is 22.1. The van der Waals surface area contributed by atoms with E-state index in [1.165, 1.54) is 30.4 Å². The molecule has 358 valence electrons. The largest absolute Gasteiger partial charge is 0.748 e. The second kappa shape index (κ2) is 20.2. The highest BCUT2D eigenvalue weighted by Crippen LogP contribution is 2.43. The van der Waals surface area contributed by atoms with Gasteiger partial charge in [0.2, 0.25) is 0 Å². The van der Waals surface area contributed by atoms with Gasteiger partial charge in [-0.05, 0) is 38.5 Å². The Hall–Kier alpha value is -0.440. The Labute approximate surface area is 371 Å². The van der Waals surface area contributed by atoms with E-state index in [-0.39, 0.29) is 71.4 Å². The van der Waals surface area contributed by atoms with Crippen LogP contribution >= 0.6 is 0 Å². The molecule has 61 heavy (non-hydrogen) atoms. The number of rotatable bonds is 23. The molecule has 0 aromatic carbocycles. The van der Waals surface area contributed by atoms with E-state index in [4.69, 9.17) is 0 Å². The van der Waals surface area contributed by atoms with Crippen molar-refractivity contribution in [3.05, 3.63) is 0 Å². The molecule has 5 aliphatic rings. The van der Waals surface area contributed by atoms with Crippen LogP contribution in [0.25, 0.3) is 0 Å². The molecule has 2 spiro atoms. The molecular formula is C43H84N4O10S4+2. The van der Waals surface area contributed by atoms with Crippen LogP contribution in [0.1, 0.15) is 85.5 Å². The Morgan fingerprint density at radius 1 is 0.426 bits per heavy atom. The van der Waals surface area contributed by atoms with E-state index in [0.29, 0.717) is 41.6 Å². The van der Waals surface area contributed by atoms with Crippen molar-refractivity contribution in [2.75, 3.05) is 140 Å². The Bertz CT molecular complexity index is 1890. The van der Waals surface area contributed by atoms with E-state index >= 15 is 0 Å². The first-order valence-corrected chi connectivity index (χ1v) is 30.7. The lowest BCUT2D eigenvalue weighted by molar-refractivity contribution is -1.02. The molecule has 5 saturated heterocycles. The van der Waals surface area contributed by atoms with Crippen LogP contribution in [-0.4, -0.2) is 201 Å². The highest BCUT2D eigenvalue weighted by atomic mass is 32.2. The SMILES string of the molecule is CCCC1C[N+](C)(CCCS(=O)(=O)[O-])CC1CS(=O)(=O)CC1C[N+]2(CC[N+]3(CC2)CC(CC)C(CC)C3)CC1CCC1C[N+](C)(CCCS(=O)(=O)[O-])CC1CS(=O)(=O)CCC. The number of sulfone groups is 2. The molecule has 18 heteroatoms. The van der Waals surface area contributed by atoms with Gasteiger partial charge in [0, 0.05) is 77.4 Å². The summed E-state index contributed by atoms with van der Waals surface area (Å²) in [6.45, 7) is 21.2. The summed E-state index contributed by atoms with van der Waals surface area (Å²) in [5.74, 6) is 1.63. The average molecular weight is 945 g/mol. The molecule has 0 saturated carbocycles. The fourth-order valence-electron chi connectivity index (χ4n) is 13.9. The second-order valence-electron chi connectivity index (χ2n) is 21.9. The molecule has 0 aromatic heterocycles. The molecule has 0 N–H and O–H groups in total. The maximum Gasteiger partial charge on any atom is 0.151 e. The monoisotopic (exact) mass is 945 g/mol. The van der Waals surface area contributed by atoms with Crippen LogP contribution in [0.3, 0.4) is 0 Å². The van der Waals surface area contributed by atoms with E-state index in [1.807, 2.05) is 6.92 Å². The van der Waals surface area contributed by atoms with Gasteiger partial charge in [-0.15, -0.1) is 0 Å². The molecule has 0 amide bonds. The summed E-state index contributed by atoms with van der Waals surface area (Å²) in [5, 5.41) is 0. The number of hydrogen-bond acceptors (Lipinski definition) is 10. The minimum absolute atomic E-state index is 0.00267. The number of piperazine rings is 1. The summed E-state index contributed by atoms with van der Waals surface area (Å²) in [4.78, 5) is 0. The van der Waals surface area contributed by atoms with Crippen LogP contribution in [-0.2, 0) is 39.9 Å². The predicted octanol–water partition coefficient (Wildman–Crippen LogP) is 3.02. The van der Waals surface area contributed by atoms with Crippen molar-refractivity contribution >= 4 is 39.9 Å². The van der Waals surface area contributed by atoms with Gasteiger partial charge in [-0.25, -0.2) is 33.7 Å². The number of nitrogens with zero attached hydrogens (tertiary/aromatic N) is 4. The van der Waals surface area contributed by atoms with Gasteiger partial charge in [0.05, 0.1) is 117 Å². The number of hydrogen-bond donors (Lipinski definition) is 0. The maximum atomic E-state index is 14.5. The van der Waals surface area contributed by atoms with Crippen molar-refractivity contribution in [1.82, 2.24) is 0 Å². The molecule has 14 nitrogen and oxygen atoms in total. The molecule has 5 rings (SSSR count). The molecule has 0 aromatic rings. The molecule has 10 atom stereocenters. The van der Waals surface area contributed by atoms with Crippen molar-refractivity contribution in [3.63, 3.8) is 0 Å². The zero-order chi connectivity index (χ0) is 45.1. The minimum atomic E-state index is -4.35. The van der Waals surface area contributed by atoms with Crippen LogP contribution in [0.15, 0.2) is 0 Å². The third-order valence-electron chi connectivity index (χ3n) is 16.7. The lowest BCUT2D eigenvalue weighted by atomic mass is 9.86. The fourth-order valence-corrected chi connectivity index (χ4v) is 18.9. The van der Waals surface area contributed by atoms with Gasteiger partial charge < -0.3 is 27.0 Å². The first-order valence-electron chi connectivity index (χ1n) is 23.9. The zero-order valence-electron chi connectivity index (χ0n) is 38.6. The Kier molecular flexibility index (Phi) is 17.1. The Balaban J connectivity index is 1.34. The molecule has 5 fully saturated rings. The maximum absolute atomic E-state index is 14.5. The summed E-state index contributed by atoms with van der Waals surface area (Å²) < 4.78 is 127. The zero-order valence-corrected chi connectivity index (χ0v) is 41.9. The number of quaternary nitrogens is 4. The van der Waals surface area contributed by atoms with Crippen molar-refractivity contribution in [3.8, 4) is 0 Å². The summed E-state index contributed by atoms with van der Waals surface area (Å²) >= 11 is 0. The molecule has 0 radical (unpaired) electrons. The highest BCUT2D eigenvalue weighted by Gasteiger charge is 2.55. The van der Waals surface area contributed by atoms with E-state index in [9.17, 15) is 42.8 Å². The van der Waals surface area contributed by atoms with Gasteiger partial charge in [-0.2, -0.15) is 0 Å². The third kappa shape index (κ3) is 14.5. The smallest absolute Gasteiger partial charge is 0.151 e. The van der Waals surface area contributed by atoms with Crippen molar-refractivity contribution in [2.45, 2.75) is 85.5 Å². The average Bonchev–Trinajstić information content (AvgIpc) is 3.84. The van der Waals surface area contributed by atoms with Gasteiger partial charge in [0.15, 0.2) is 19.7 Å². The van der Waals surface area contributed by atoms with Crippen molar-refractivity contribution in [1.29, 1.82) is 0 Å².